The molecule has 152 valence electrons. The third-order valence-corrected chi connectivity index (χ3v) is 4.78. The van der Waals surface area contributed by atoms with Crippen LogP contribution in [0.5, 0.6) is 0 Å². The molecule has 0 unspecified atom stereocenters. The number of carbonyl (C=O) groups is 2. The molecule has 0 aliphatic heterocycles. The highest BCUT2D eigenvalue weighted by Gasteiger charge is 2.15. The predicted molar refractivity (Wildman–Crippen MR) is 114 cm³/mol. The molecule has 2 heterocycles. The van der Waals surface area contributed by atoms with Gasteiger partial charge in [0, 0.05) is 31.8 Å². The number of fused-ring (bicyclic) bond motifs is 1. The van der Waals surface area contributed by atoms with E-state index in [0.717, 1.165) is 24.0 Å². The molecule has 0 spiro atoms. The van der Waals surface area contributed by atoms with Crippen LogP contribution in [0.3, 0.4) is 0 Å². The molecule has 8 nitrogen and oxygen atoms in total. The zero-order chi connectivity index (χ0) is 20.9. The molecule has 2 aromatic carbocycles. The molecule has 0 saturated heterocycles. The molecular formula is C22H22N6O2. The van der Waals surface area contributed by atoms with Gasteiger partial charge in [-0.3, -0.25) is 14.3 Å². The smallest absolute Gasteiger partial charge is 0.271 e. The fraction of sp³-hybridized carbons (Fsp3) is 0.182. The van der Waals surface area contributed by atoms with Gasteiger partial charge in [0.25, 0.3) is 11.8 Å². The molecule has 30 heavy (non-hydrogen) atoms. The number of rotatable bonds is 7. The number of nitrogens with zero attached hydrogens (tertiary/aromatic N) is 4. The van der Waals surface area contributed by atoms with Crippen molar-refractivity contribution < 1.29 is 9.59 Å². The van der Waals surface area contributed by atoms with E-state index in [2.05, 4.69) is 25.3 Å². The third-order valence-electron chi connectivity index (χ3n) is 4.78. The largest absolute Gasteiger partial charge is 0.351 e. The zero-order valence-electron chi connectivity index (χ0n) is 16.6. The van der Waals surface area contributed by atoms with E-state index in [1.807, 2.05) is 36.7 Å². The van der Waals surface area contributed by atoms with Crippen LogP contribution in [0.1, 0.15) is 27.3 Å². The average molecular weight is 402 g/mol. The number of amides is 2. The van der Waals surface area contributed by atoms with Crippen LogP contribution in [0.15, 0.2) is 67.0 Å². The highest BCUT2D eigenvalue weighted by Crippen LogP contribution is 2.13. The first-order valence-electron chi connectivity index (χ1n) is 9.70. The molecule has 4 aromatic rings. The van der Waals surface area contributed by atoms with Crippen molar-refractivity contribution in [3.8, 4) is 0 Å². The molecule has 4 rings (SSSR count). The number of benzene rings is 2. The molecule has 8 heteroatoms. The quantitative estimate of drug-likeness (QED) is 0.465. The average Bonchev–Trinajstić information content (AvgIpc) is 3.35. The van der Waals surface area contributed by atoms with Gasteiger partial charge in [-0.15, -0.1) is 0 Å². The van der Waals surface area contributed by atoms with Crippen molar-refractivity contribution in [3.05, 3.63) is 78.2 Å². The summed E-state index contributed by atoms with van der Waals surface area (Å²) in [7, 11) is 1.68. The highest BCUT2D eigenvalue weighted by atomic mass is 16.2. The van der Waals surface area contributed by atoms with Crippen molar-refractivity contribution in [3.63, 3.8) is 0 Å². The Morgan fingerprint density at radius 3 is 2.60 bits per heavy atom. The van der Waals surface area contributed by atoms with Gasteiger partial charge in [0.2, 0.25) is 0 Å². The predicted octanol–water partition coefficient (Wildman–Crippen LogP) is 2.84. The normalized spacial score (nSPS) is 10.8. The monoisotopic (exact) mass is 402 g/mol. The molecule has 0 radical (unpaired) electrons. The lowest BCUT2D eigenvalue weighted by Gasteiger charge is -2.05. The van der Waals surface area contributed by atoms with E-state index in [1.54, 1.807) is 37.4 Å². The SMILES string of the molecule is Cn1nc(C(=O)NCCCn2cnc3ccccc32)cc1NC(=O)c1ccccc1. The minimum atomic E-state index is -0.277. The Balaban J connectivity index is 1.30. The van der Waals surface area contributed by atoms with E-state index >= 15 is 0 Å². The van der Waals surface area contributed by atoms with Crippen LogP contribution in [0.25, 0.3) is 11.0 Å². The van der Waals surface area contributed by atoms with Crippen molar-refractivity contribution in [2.45, 2.75) is 13.0 Å². The summed E-state index contributed by atoms with van der Waals surface area (Å²) in [5, 5.41) is 9.85. The number of nitrogens with one attached hydrogen (secondary N) is 2. The molecule has 2 aromatic heterocycles. The number of imidazole rings is 1. The fourth-order valence-electron chi connectivity index (χ4n) is 3.20. The van der Waals surface area contributed by atoms with Gasteiger partial charge in [0.05, 0.1) is 17.4 Å². The zero-order valence-corrected chi connectivity index (χ0v) is 16.6. The van der Waals surface area contributed by atoms with Gasteiger partial charge < -0.3 is 15.2 Å². The van der Waals surface area contributed by atoms with Gasteiger partial charge in [0.1, 0.15) is 5.82 Å². The van der Waals surface area contributed by atoms with Gasteiger partial charge >= 0.3 is 0 Å². The van der Waals surface area contributed by atoms with E-state index in [1.165, 1.54) is 4.68 Å². The molecule has 0 aliphatic carbocycles. The molecule has 0 aliphatic rings. The number of hydrogen-bond acceptors (Lipinski definition) is 4. The van der Waals surface area contributed by atoms with Crippen LogP contribution < -0.4 is 10.6 Å². The molecule has 0 bridgehead atoms. The van der Waals surface area contributed by atoms with Gasteiger partial charge in [-0.05, 0) is 30.7 Å². The number of hydrogen-bond donors (Lipinski definition) is 2. The minimum Gasteiger partial charge on any atom is -0.351 e. The maximum atomic E-state index is 12.4. The minimum absolute atomic E-state index is 0.252. The molecule has 2 amide bonds. The van der Waals surface area contributed by atoms with Crippen LogP contribution in [0, 0.1) is 0 Å². The second-order valence-corrected chi connectivity index (χ2v) is 6.89. The molecule has 2 N–H and O–H groups in total. The summed E-state index contributed by atoms with van der Waals surface area (Å²) in [6.07, 6.45) is 2.57. The summed E-state index contributed by atoms with van der Waals surface area (Å²) in [4.78, 5) is 29.1. The Kier molecular flexibility index (Phi) is 5.56. The summed E-state index contributed by atoms with van der Waals surface area (Å²) >= 11 is 0. The van der Waals surface area contributed by atoms with Gasteiger partial charge in [-0.25, -0.2) is 4.98 Å². The summed E-state index contributed by atoms with van der Waals surface area (Å²) in [5.74, 6) is -0.0710. The Hall–Kier alpha value is -3.94. The Morgan fingerprint density at radius 2 is 1.77 bits per heavy atom. The van der Waals surface area contributed by atoms with E-state index in [-0.39, 0.29) is 17.5 Å². The molecular weight excluding hydrogens is 380 g/mol. The van der Waals surface area contributed by atoms with Crippen LogP contribution in [-0.4, -0.2) is 37.7 Å². The lowest BCUT2D eigenvalue weighted by Crippen LogP contribution is -2.25. The van der Waals surface area contributed by atoms with Crippen molar-refractivity contribution in [2.75, 3.05) is 11.9 Å². The van der Waals surface area contributed by atoms with Crippen LogP contribution in [0.4, 0.5) is 5.82 Å². The number of aryl methyl sites for hydroxylation is 2. The van der Waals surface area contributed by atoms with E-state index < -0.39 is 0 Å². The Bertz CT molecular complexity index is 1180. The lowest BCUT2D eigenvalue weighted by molar-refractivity contribution is 0.0946. The second kappa shape index (κ2) is 8.60. The Labute approximate surface area is 173 Å². The molecule has 0 fully saturated rings. The standard InChI is InChI=1S/C22H22N6O2/c1-27-20(25-21(29)16-8-3-2-4-9-16)14-18(26-27)22(30)23-12-7-13-28-15-24-17-10-5-6-11-19(17)28/h2-6,8-11,14-15H,7,12-13H2,1H3,(H,23,30)(H,25,29). The number of aromatic nitrogens is 4. The number of para-hydroxylation sites is 2. The lowest BCUT2D eigenvalue weighted by atomic mass is 10.2. The van der Waals surface area contributed by atoms with Crippen molar-refractivity contribution >= 4 is 28.7 Å². The summed E-state index contributed by atoms with van der Waals surface area (Å²) < 4.78 is 3.55. The number of anilines is 1. The van der Waals surface area contributed by atoms with E-state index in [4.69, 9.17) is 0 Å². The van der Waals surface area contributed by atoms with Crippen LogP contribution >= 0.6 is 0 Å². The van der Waals surface area contributed by atoms with Crippen molar-refractivity contribution in [1.29, 1.82) is 0 Å². The topological polar surface area (TPSA) is 93.8 Å². The summed E-state index contributed by atoms with van der Waals surface area (Å²) in [6.45, 7) is 1.26. The summed E-state index contributed by atoms with van der Waals surface area (Å²) in [6, 6.07) is 18.4. The first-order valence-corrected chi connectivity index (χ1v) is 9.70. The van der Waals surface area contributed by atoms with Gasteiger partial charge in [0.15, 0.2) is 5.69 Å². The van der Waals surface area contributed by atoms with Gasteiger partial charge in [-0.1, -0.05) is 30.3 Å². The highest BCUT2D eigenvalue weighted by molar-refractivity contribution is 6.04. The Morgan fingerprint density at radius 1 is 1.00 bits per heavy atom. The van der Waals surface area contributed by atoms with Crippen LogP contribution in [-0.2, 0) is 13.6 Å². The van der Waals surface area contributed by atoms with Crippen molar-refractivity contribution in [1.82, 2.24) is 24.6 Å². The second-order valence-electron chi connectivity index (χ2n) is 6.89. The maximum Gasteiger partial charge on any atom is 0.271 e. The van der Waals surface area contributed by atoms with Crippen molar-refractivity contribution in [2.24, 2.45) is 7.05 Å². The summed E-state index contributed by atoms with van der Waals surface area (Å²) in [5.41, 5.74) is 2.83. The van der Waals surface area contributed by atoms with E-state index in [0.29, 0.717) is 17.9 Å². The van der Waals surface area contributed by atoms with Crippen LogP contribution in [0.2, 0.25) is 0 Å². The third kappa shape index (κ3) is 4.22. The first kappa shape index (κ1) is 19.4. The van der Waals surface area contributed by atoms with E-state index in [9.17, 15) is 9.59 Å². The van der Waals surface area contributed by atoms with Gasteiger partial charge in [-0.2, -0.15) is 5.10 Å². The molecule has 0 saturated carbocycles. The first-order chi connectivity index (χ1) is 14.6. The molecule has 0 atom stereocenters. The fourth-order valence-corrected chi connectivity index (χ4v) is 3.20. The number of carbonyl (C=O) groups excluding carboxylic acids is 2. The maximum absolute atomic E-state index is 12.4.